The van der Waals surface area contributed by atoms with Crippen LogP contribution in [0, 0.1) is 0 Å². The van der Waals surface area contributed by atoms with Gasteiger partial charge in [-0.1, -0.05) is 6.07 Å². The number of hydrogen-bond donors (Lipinski definition) is 4. The third kappa shape index (κ3) is 3.43. The van der Waals surface area contributed by atoms with Crippen molar-refractivity contribution in [1.82, 2.24) is 5.32 Å². The Kier molecular flexibility index (Phi) is 4.13. The quantitative estimate of drug-likeness (QED) is 0.589. The van der Waals surface area contributed by atoms with Gasteiger partial charge in [0.1, 0.15) is 11.5 Å². The standard InChI is InChI=1S/C11H16N2O3/c1-7(13-5-4-11(12)16)9-3-2-8(14)6-10(9)15/h2-3,6-7,13-15H,4-5H2,1H3,(H2,12,16). The van der Waals surface area contributed by atoms with Gasteiger partial charge < -0.3 is 21.3 Å². The molecule has 1 amide bonds. The molecule has 0 saturated carbocycles. The van der Waals surface area contributed by atoms with Crippen molar-refractivity contribution in [2.45, 2.75) is 19.4 Å². The first-order valence-corrected chi connectivity index (χ1v) is 5.04. The van der Waals surface area contributed by atoms with Gasteiger partial charge in [-0.25, -0.2) is 0 Å². The van der Waals surface area contributed by atoms with Crippen molar-refractivity contribution in [2.24, 2.45) is 5.73 Å². The molecular formula is C11H16N2O3. The van der Waals surface area contributed by atoms with Crippen LogP contribution in [-0.2, 0) is 4.79 Å². The van der Waals surface area contributed by atoms with Crippen LogP contribution >= 0.6 is 0 Å². The Balaban J connectivity index is 2.58. The summed E-state index contributed by atoms with van der Waals surface area (Å²) >= 11 is 0. The highest BCUT2D eigenvalue weighted by Crippen LogP contribution is 2.27. The average Bonchev–Trinajstić information content (AvgIpc) is 2.16. The second kappa shape index (κ2) is 5.37. The number of amides is 1. The summed E-state index contributed by atoms with van der Waals surface area (Å²) in [7, 11) is 0. The van der Waals surface area contributed by atoms with Gasteiger partial charge in [0.05, 0.1) is 0 Å². The molecule has 0 fully saturated rings. The zero-order chi connectivity index (χ0) is 12.1. The minimum absolute atomic E-state index is 0.0191. The molecule has 1 aromatic rings. The van der Waals surface area contributed by atoms with Crippen LogP contribution in [-0.4, -0.2) is 22.7 Å². The number of carbonyl (C=O) groups is 1. The van der Waals surface area contributed by atoms with Crippen molar-refractivity contribution in [3.05, 3.63) is 23.8 Å². The van der Waals surface area contributed by atoms with Crippen LogP contribution in [0.15, 0.2) is 18.2 Å². The van der Waals surface area contributed by atoms with E-state index in [0.717, 1.165) is 0 Å². The van der Waals surface area contributed by atoms with Crippen molar-refractivity contribution in [3.8, 4) is 11.5 Å². The Morgan fingerprint density at radius 2 is 2.19 bits per heavy atom. The van der Waals surface area contributed by atoms with E-state index in [-0.39, 0.29) is 29.9 Å². The number of nitrogens with one attached hydrogen (secondary N) is 1. The molecule has 0 saturated heterocycles. The number of benzene rings is 1. The fourth-order valence-corrected chi connectivity index (χ4v) is 1.42. The molecule has 0 bridgehead atoms. The van der Waals surface area contributed by atoms with Gasteiger partial charge >= 0.3 is 0 Å². The first-order chi connectivity index (χ1) is 7.50. The molecule has 0 aliphatic heterocycles. The molecule has 0 aliphatic carbocycles. The van der Waals surface area contributed by atoms with E-state index in [1.165, 1.54) is 12.1 Å². The summed E-state index contributed by atoms with van der Waals surface area (Å²) in [6.07, 6.45) is 0.253. The second-order valence-electron chi connectivity index (χ2n) is 3.64. The van der Waals surface area contributed by atoms with Gasteiger partial charge in [0, 0.05) is 30.6 Å². The summed E-state index contributed by atoms with van der Waals surface area (Å²) in [5, 5.41) is 21.8. The van der Waals surface area contributed by atoms with Crippen LogP contribution in [0.3, 0.4) is 0 Å². The van der Waals surface area contributed by atoms with Crippen LogP contribution in [0.5, 0.6) is 11.5 Å². The van der Waals surface area contributed by atoms with E-state index in [2.05, 4.69) is 5.32 Å². The lowest BCUT2D eigenvalue weighted by atomic mass is 10.1. The lowest BCUT2D eigenvalue weighted by Crippen LogP contribution is -2.24. The van der Waals surface area contributed by atoms with Crippen molar-refractivity contribution < 1.29 is 15.0 Å². The Morgan fingerprint density at radius 1 is 1.50 bits per heavy atom. The fourth-order valence-electron chi connectivity index (χ4n) is 1.42. The van der Waals surface area contributed by atoms with Crippen LogP contribution in [0.1, 0.15) is 24.9 Å². The molecule has 0 aromatic heterocycles. The molecule has 5 heteroatoms. The van der Waals surface area contributed by atoms with Gasteiger partial charge in [0.2, 0.25) is 5.91 Å². The largest absolute Gasteiger partial charge is 0.508 e. The van der Waals surface area contributed by atoms with Crippen LogP contribution in [0.2, 0.25) is 0 Å². The molecule has 5 N–H and O–H groups in total. The van der Waals surface area contributed by atoms with Crippen LogP contribution < -0.4 is 11.1 Å². The van der Waals surface area contributed by atoms with E-state index in [9.17, 15) is 9.90 Å². The lowest BCUT2D eigenvalue weighted by molar-refractivity contribution is -0.117. The Labute approximate surface area is 93.9 Å². The molecule has 1 unspecified atom stereocenters. The minimum atomic E-state index is -0.366. The third-order valence-electron chi connectivity index (χ3n) is 2.30. The molecule has 0 spiro atoms. The van der Waals surface area contributed by atoms with Gasteiger partial charge in [-0.15, -0.1) is 0 Å². The number of phenolic OH excluding ortho intramolecular Hbond substituents is 2. The highest BCUT2D eigenvalue weighted by molar-refractivity contribution is 5.73. The van der Waals surface area contributed by atoms with E-state index >= 15 is 0 Å². The van der Waals surface area contributed by atoms with Gasteiger partial charge in [-0.05, 0) is 13.0 Å². The molecule has 0 heterocycles. The summed E-state index contributed by atoms with van der Waals surface area (Å²) in [5.74, 6) is -0.320. The Bertz CT molecular complexity index is 379. The zero-order valence-corrected chi connectivity index (χ0v) is 9.10. The molecule has 88 valence electrons. The number of hydrogen-bond acceptors (Lipinski definition) is 4. The lowest BCUT2D eigenvalue weighted by Gasteiger charge is -2.15. The predicted molar refractivity (Wildman–Crippen MR) is 60.0 cm³/mol. The van der Waals surface area contributed by atoms with Crippen LogP contribution in [0.25, 0.3) is 0 Å². The number of primary amides is 1. The van der Waals surface area contributed by atoms with E-state index in [0.29, 0.717) is 12.1 Å². The monoisotopic (exact) mass is 224 g/mol. The third-order valence-corrected chi connectivity index (χ3v) is 2.30. The van der Waals surface area contributed by atoms with Gasteiger partial charge in [0.25, 0.3) is 0 Å². The molecule has 5 nitrogen and oxygen atoms in total. The normalized spacial score (nSPS) is 12.3. The van der Waals surface area contributed by atoms with Crippen molar-refractivity contribution in [2.75, 3.05) is 6.54 Å². The number of nitrogens with two attached hydrogens (primary N) is 1. The highest BCUT2D eigenvalue weighted by atomic mass is 16.3. The van der Waals surface area contributed by atoms with Gasteiger partial charge in [-0.2, -0.15) is 0 Å². The molecular weight excluding hydrogens is 208 g/mol. The number of rotatable bonds is 5. The molecule has 1 aromatic carbocycles. The number of phenols is 2. The maximum atomic E-state index is 10.5. The predicted octanol–water partition coefficient (Wildman–Crippen LogP) is 0.624. The molecule has 0 radical (unpaired) electrons. The summed E-state index contributed by atoms with van der Waals surface area (Å²) in [6, 6.07) is 4.30. The smallest absolute Gasteiger partial charge is 0.218 e. The molecule has 0 aliphatic rings. The number of aromatic hydroxyl groups is 2. The highest BCUT2D eigenvalue weighted by Gasteiger charge is 2.10. The van der Waals surface area contributed by atoms with E-state index < -0.39 is 0 Å². The maximum absolute atomic E-state index is 10.5. The van der Waals surface area contributed by atoms with Crippen molar-refractivity contribution in [3.63, 3.8) is 0 Å². The van der Waals surface area contributed by atoms with E-state index in [1.807, 2.05) is 6.92 Å². The van der Waals surface area contributed by atoms with Gasteiger partial charge in [-0.3, -0.25) is 4.79 Å². The Hall–Kier alpha value is -1.75. The SMILES string of the molecule is CC(NCCC(N)=O)c1ccc(O)cc1O. The maximum Gasteiger partial charge on any atom is 0.218 e. The van der Waals surface area contributed by atoms with Crippen molar-refractivity contribution >= 4 is 5.91 Å². The summed E-state index contributed by atoms with van der Waals surface area (Å²) in [6.45, 7) is 2.31. The van der Waals surface area contributed by atoms with Gasteiger partial charge in [0.15, 0.2) is 0 Å². The summed E-state index contributed by atoms with van der Waals surface area (Å²) in [4.78, 5) is 10.5. The zero-order valence-electron chi connectivity index (χ0n) is 9.10. The minimum Gasteiger partial charge on any atom is -0.508 e. The van der Waals surface area contributed by atoms with Crippen LogP contribution in [0.4, 0.5) is 0 Å². The Morgan fingerprint density at radius 3 is 2.75 bits per heavy atom. The fraction of sp³-hybridized carbons (Fsp3) is 0.364. The van der Waals surface area contributed by atoms with E-state index in [1.54, 1.807) is 6.07 Å². The first kappa shape index (κ1) is 12.3. The summed E-state index contributed by atoms with van der Waals surface area (Å²) < 4.78 is 0. The molecule has 16 heavy (non-hydrogen) atoms. The second-order valence-corrected chi connectivity index (χ2v) is 3.64. The van der Waals surface area contributed by atoms with E-state index in [4.69, 9.17) is 10.8 Å². The topological polar surface area (TPSA) is 95.6 Å². The first-order valence-electron chi connectivity index (χ1n) is 5.04. The molecule has 1 atom stereocenters. The summed E-state index contributed by atoms with van der Waals surface area (Å²) in [5.41, 5.74) is 5.67. The average molecular weight is 224 g/mol. The molecule has 1 rings (SSSR count). The van der Waals surface area contributed by atoms with Crippen molar-refractivity contribution in [1.29, 1.82) is 0 Å². The number of carbonyl (C=O) groups excluding carboxylic acids is 1.